The largest absolute Gasteiger partial charge is 0.485 e. The van der Waals surface area contributed by atoms with Gasteiger partial charge in [0.15, 0.2) is 17.8 Å². The number of aromatic carboxylic acids is 1. The van der Waals surface area contributed by atoms with Crippen LogP contribution in [0.25, 0.3) is 0 Å². The summed E-state index contributed by atoms with van der Waals surface area (Å²) in [7, 11) is 0. The molecule has 0 saturated heterocycles. The Morgan fingerprint density at radius 2 is 2.24 bits per heavy atom. The predicted molar refractivity (Wildman–Crippen MR) is 59.0 cm³/mol. The smallest absolute Gasteiger partial charge is 0.358 e. The van der Waals surface area contributed by atoms with Crippen LogP contribution in [0.3, 0.4) is 0 Å². The van der Waals surface area contributed by atoms with Crippen LogP contribution in [0.5, 0.6) is 5.75 Å². The van der Waals surface area contributed by atoms with Crippen molar-refractivity contribution in [3.05, 3.63) is 47.7 Å². The number of carboxylic acids is 1. The third-order valence-electron chi connectivity index (χ3n) is 2.30. The van der Waals surface area contributed by atoms with Gasteiger partial charge in [0, 0.05) is 0 Å². The number of carbonyl (C=O) groups is 1. The lowest BCUT2D eigenvalue weighted by molar-refractivity contribution is 0.0686. The number of hydrogen-bond donors (Lipinski definition) is 1. The van der Waals surface area contributed by atoms with E-state index in [4.69, 9.17) is 14.3 Å². The molecule has 0 unspecified atom stereocenters. The molecule has 0 aliphatic rings. The van der Waals surface area contributed by atoms with Crippen LogP contribution in [0.4, 0.5) is 0 Å². The van der Waals surface area contributed by atoms with Crippen molar-refractivity contribution < 1.29 is 19.1 Å². The lowest BCUT2D eigenvalue weighted by Crippen LogP contribution is -2.04. The van der Waals surface area contributed by atoms with Crippen molar-refractivity contribution in [1.29, 1.82) is 0 Å². The van der Waals surface area contributed by atoms with Crippen LogP contribution in [0.1, 0.15) is 21.8 Å². The summed E-state index contributed by atoms with van der Waals surface area (Å²) >= 11 is 0. The first kappa shape index (κ1) is 11.2. The van der Waals surface area contributed by atoms with E-state index in [0.29, 0.717) is 5.75 Å². The Morgan fingerprint density at radius 3 is 2.94 bits per heavy atom. The van der Waals surface area contributed by atoms with Crippen molar-refractivity contribution in [1.82, 2.24) is 4.98 Å². The molecule has 1 N–H and O–H groups in total. The highest BCUT2D eigenvalue weighted by molar-refractivity contribution is 5.86. The number of carboxylic acid groups (broad SMARTS) is 1. The van der Waals surface area contributed by atoms with Gasteiger partial charge in [-0.15, -0.1) is 0 Å². The standard InChI is InChI=1S/C12H11NO4/c1-8-4-2-3-5-9(8)16-6-10-11(12(14)15)13-7-17-10/h2-5,7H,6H2,1H3,(H,14,15). The summed E-state index contributed by atoms with van der Waals surface area (Å²) in [5.41, 5.74) is 0.863. The molecular formula is C12H11NO4. The van der Waals surface area contributed by atoms with Gasteiger partial charge in [-0.1, -0.05) is 18.2 Å². The van der Waals surface area contributed by atoms with Crippen molar-refractivity contribution in [3.8, 4) is 5.75 Å². The molecule has 88 valence electrons. The number of benzene rings is 1. The number of rotatable bonds is 4. The van der Waals surface area contributed by atoms with E-state index in [1.807, 2.05) is 31.2 Å². The van der Waals surface area contributed by atoms with Gasteiger partial charge in [0.25, 0.3) is 0 Å². The van der Waals surface area contributed by atoms with Gasteiger partial charge in [0.2, 0.25) is 0 Å². The molecule has 0 atom stereocenters. The Kier molecular flexibility index (Phi) is 3.09. The van der Waals surface area contributed by atoms with Gasteiger partial charge in [-0.25, -0.2) is 9.78 Å². The predicted octanol–water partition coefficient (Wildman–Crippen LogP) is 2.26. The summed E-state index contributed by atoms with van der Waals surface area (Å²) in [6, 6.07) is 7.47. The minimum atomic E-state index is -1.12. The Hall–Kier alpha value is -2.30. The number of oxazole rings is 1. The highest BCUT2D eigenvalue weighted by Gasteiger charge is 2.15. The van der Waals surface area contributed by atoms with E-state index >= 15 is 0 Å². The first-order valence-corrected chi connectivity index (χ1v) is 5.02. The first-order valence-electron chi connectivity index (χ1n) is 5.02. The summed E-state index contributed by atoms with van der Waals surface area (Å²) < 4.78 is 10.4. The fourth-order valence-corrected chi connectivity index (χ4v) is 1.41. The molecule has 0 bridgehead atoms. The SMILES string of the molecule is Cc1ccccc1OCc1ocnc1C(=O)O. The molecule has 5 heteroatoms. The van der Waals surface area contributed by atoms with E-state index in [0.717, 1.165) is 12.0 Å². The maximum Gasteiger partial charge on any atom is 0.358 e. The number of para-hydroxylation sites is 1. The summed E-state index contributed by atoms with van der Waals surface area (Å²) in [5.74, 6) is -0.219. The fourth-order valence-electron chi connectivity index (χ4n) is 1.41. The molecule has 0 saturated carbocycles. The lowest BCUT2D eigenvalue weighted by Gasteiger charge is -2.06. The van der Waals surface area contributed by atoms with Crippen LogP contribution in [0.2, 0.25) is 0 Å². The molecule has 0 spiro atoms. The van der Waals surface area contributed by atoms with Crippen LogP contribution in [-0.4, -0.2) is 16.1 Å². The Bertz CT molecular complexity index is 533. The summed E-state index contributed by atoms with van der Waals surface area (Å²) in [6.45, 7) is 1.96. The molecule has 0 radical (unpaired) electrons. The van der Waals surface area contributed by atoms with E-state index in [-0.39, 0.29) is 18.1 Å². The lowest BCUT2D eigenvalue weighted by atomic mass is 10.2. The second kappa shape index (κ2) is 4.69. The molecule has 1 aromatic heterocycles. The maximum atomic E-state index is 10.8. The first-order chi connectivity index (χ1) is 8.18. The quantitative estimate of drug-likeness (QED) is 0.876. The molecule has 2 aromatic rings. The number of aryl methyl sites for hydroxylation is 1. The van der Waals surface area contributed by atoms with Crippen molar-refractivity contribution >= 4 is 5.97 Å². The fraction of sp³-hybridized carbons (Fsp3) is 0.167. The molecule has 0 aliphatic heterocycles. The second-order valence-electron chi connectivity index (χ2n) is 3.48. The summed E-state index contributed by atoms with van der Waals surface area (Å²) in [6.07, 6.45) is 1.10. The van der Waals surface area contributed by atoms with Gasteiger partial charge in [-0.3, -0.25) is 0 Å². The Balaban J connectivity index is 2.10. The van der Waals surface area contributed by atoms with Gasteiger partial charge >= 0.3 is 5.97 Å². The third kappa shape index (κ3) is 2.44. The molecular weight excluding hydrogens is 222 g/mol. The van der Waals surface area contributed by atoms with Gasteiger partial charge in [-0.2, -0.15) is 0 Å². The number of aromatic nitrogens is 1. The summed E-state index contributed by atoms with van der Waals surface area (Å²) in [4.78, 5) is 14.4. The van der Waals surface area contributed by atoms with Crippen molar-refractivity contribution in [2.75, 3.05) is 0 Å². The van der Waals surface area contributed by atoms with E-state index in [1.54, 1.807) is 0 Å². The molecule has 0 amide bonds. The highest BCUT2D eigenvalue weighted by Crippen LogP contribution is 2.18. The highest BCUT2D eigenvalue weighted by atomic mass is 16.5. The van der Waals surface area contributed by atoms with Crippen LogP contribution >= 0.6 is 0 Å². The van der Waals surface area contributed by atoms with Crippen molar-refractivity contribution in [2.45, 2.75) is 13.5 Å². The second-order valence-corrected chi connectivity index (χ2v) is 3.48. The Labute approximate surface area is 97.7 Å². The van der Waals surface area contributed by atoms with Crippen LogP contribution < -0.4 is 4.74 Å². The normalized spacial score (nSPS) is 10.2. The van der Waals surface area contributed by atoms with Crippen LogP contribution in [0.15, 0.2) is 35.1 Å². The number of ether oxygens (including phenoxy) is 1. The van der Waals surface area contributed by atoms with Crippen LogP contribution in [0, 0.1) is 6.92 Å². The molecule has 5 nitrogen and oxygen atoms in total. The van der Waals surface area contributed by atoms with E-state index in [9.17, 15) is 4.79 Å². The molecule has 2 rings (SSSR count). The van der Waals surface area contributed by atoms with Crippen molar-refractivity contribution in [3.63, 3.8) is 0 Å². The average molecular weight is 233 g/mol. The van der Waals surface area contributed by atoms with E-state index in [1.165, 1.54) is 0 Å². The average Bonchev–Trinajstić information content (AvgIpc) is 2.76. The maximum absolute atomic E-state index is 10.8. The minimum absolute atomic E-state index is 0.0481. The molecule has 1 aromatic carbocycles. The van der Waals surface area contributed by atoms with Gasteiger partial charge < -0.3 is 14.3 Å². The molecule has 17 heavy (non-hydrogen) atoms. The molecule has 0 fully saturated rings. The Morgan fingerprint density at radius 1 is 1.47 bits per heavy atom. The third-order valence-corrected chi connectivity index (χ3v) is 2.30. The number of nitrogens with zero attached hydrogens (tertiary/aromatic N) is 1. The van der Waals surface area contributed by atoms with E-state index in [2.05, 4.69) is 4.98 Å². The zero-order valence-electron chi connectivity index (χ0n) is 9.21. The monoisotopic (exact) mass is 233 g/mol. The molecule has 0 aliphatic carbocycles. The zero-order chi connectivity index (χ0) is 12.3. The van der Waals surface area contributed by atoms with Gasteiger partial charge in [0.1, 0.15) is 12.4 Å². The molecule has 1 heterocycles. The van der Waals surface area contributed by atoms with Gasteiger partial charge in [-0.05, 0) is 18.6 Å². The summed E-state index contributed by atoms with van der Waals surface area (Å²) in [5, 5.41) is 8.83. The van der Waals surface area contributed by atoms with E-state index < -0.39 is 5.97 Å². The van der Waals surface area contributed by atoms with Gasteiger partial charge in [0.05, 0.1) is 0 Å². The van der Waals surface area contributed by atoms with Crippen molar-refractivity contribution in [2.24, 2.45) is 0 Å². The minimum Gasteiger partial charge on any atom is -0.485 e. The van der Waals surface area contributed by atoms with Crippen LogP contribution in [-0.2, 0) is 6.61 Å². The zero-order valence-corrected chi connectivity index (χ0v) is 9.21. The topological polar surface area (TPSA) is 72.6 Å². The number of hydrogen-bond acceptors (Lipinski definition) is 4.